The van der Waals surface area contributed by atoms with Gasteiger partial charge in [0.15, 0.2) is 0 Å². The second-order valence-corrected chi connectivity index (χ2v) is 10.2. The second-order valence-electron chi connectivity index (χ2n) is 10.2. The van der Waals surface area contributed by atoms with Crippen molar-refractivity contribution in [1.29, 1.82) is 5.26 Å². The minimum Gasteiger partial charge on any atom is -0.494 e. The van der Waals surface area contributed by atoms with Crippen LogP contribution in [0.15, 0.2) is 48.5 Å². The largest absolute Gasteiger partial charge is 0.494 e. The highest BCUT2D eigenvalue weighted by molar-refractivity contribution is 5.97. The van der Waals surface area contributed by atoms with Crippen molar-refractivity contribution in [3.63, 3.8) is 0 Å². The molecule has 1 heterocycles. The summed E-state index contributed by atoms with van der Waals surface area (Å²) in [5.74, 6) is 0.399. The number of ether oxygens (including phenoxy) is 1. The van der Waals surface area contributed by atoms with E-state index >= 15 is 0 Å². The summed E-state index contributed by atoms with van der Waals surface area (Å²) in [6, 6.07) is 15.6. The van der Waals surface area contributed by atoms with Crippen LogP contribution in [0.5, 0.6) is 5.75 Å². The summed E-state index contributed by atoms with van der Waals surface area (Å²) in [6.07, 6.45) is 3.06. The Balaban J connectivity index is 1.60. The van der Waals surface area contributed by atoms with Gasteiger partial charge in [-0.2, -0.15) is 5.26 Å². The summed E-state index contributed by atoms with van der Waals surface area (Å²) in [5, 5.41) is 12.0. The standard InChI is InChI=1S/C31H43N5O3/c1-4-15-36(16-5-2)31(38)29(33-30(37)27-11-7-26(24-32)8-12-27)23-25-9-13-28(14-10-25)39-22-6-17-35-20-18-34(3)19-21-35/h7-14,29H,4-6,15-23H2,1-3H3,(H,33,37). The molecule has 2 aromatic rings. The maximum atomic E-state index is 13.5. The number of benzene rings is 2. The molecule has 0 bridgehead atoms. The Morgan fingerprint density at radius 1 is 1.00 bits per heavy atom. The molecule has 8 nitrogen and oxygen atoms in total. The molecule has 0 aliphatic carbocycles. The lowest BCUT2D eigenvalue weighted by molar-refractivity contribution is -0.133. The molecule has 1 aliphatic heterocycles. The second kappa shape index (κ2) is 15.9. The fourth-order valence-corrected chi connectivity index (χ4v) is 4.74. The third-order valence-corrected chi connectivity index (χ3v) is 7.02. The Morgan fingerprint density at radius 2 is 1.64 bits per heavy atom. The zero-order chi connectivity index (χ0) is 28.0. The predicted octanol–water partition coefficient (Wildman–Crippen LogP) is 3.56. The number of carbonyl (C=O) groups excluding carboxylic acids is 2. The van der Waals surface area contributed by atoms with Crippen LogP contribution in [0.1, 0.15) is 54.6 Å². The lowest BCUT2D eigenvalue weighted by Gasteiger charge is -2.32. The van der Waals surface area contributed by atoms with Gasteiger partial charge in [-0.3, -0.25) is 9.59 Å². The molecular formula is C31H43N5O3. The lowest BCUT2D eigenvalue weighted by atomic mass is 10.0. The number of likely N-dealkylation sites (N-methyl/N-ethyl adjacent to an activating group) is 1. The van der Waals surface area contributed by atoms with Gasteiger partial charge in [0.1, 0.15) is 11.8 Å². The van der Waals surface area contributed by atoms with Gasteiger partial charge in [0.25, 0.3) is 5.91 Å². The highest BCUT2D eigenvalue weighted by atomic mass is 16.5. The van der Waals surface area contributed by atoms with Gasteiger partial charge in [-0.25, -0.2) is 0 Å². The molecule has 39 heavy (non-hydrogen) atoms. The molecule has 210 valence electrons. The number of hydrogen-bond donors (Lipinski definition) is 1. The summed E-state index contributed by atoms with van der Waals surface area (Å²) in [7, 11) is 2.16. The van der Waals surface area contributed by atoms with Gasteiger partial charge >= 0.3 is 0 Å². The Hall–Kier alpha value is -3.41. The summed E-state index contributed by atoms with van der Waals surface area (Å²) >= 11 is 0. The van der Waals surface area contributed by atoms with E-state index in [-0.39, 0.29) is 11.8 Å². The molecule has 3 rings (SSSR count). The molecule has 2 aromatic carbocycles. The quantitative estimate of drug-likeness (QED) is 0.374. The van der Waals surface area contributed by atoms with Crippen LogP contribution < -0.4 is 10.1 Å². The Bertz CT molecular complexity index is 1070. The molecule has 1 saturated heterocycles. The summed E-state index contributed by atoms with van der Waals surface area (Å²) in [5.41, 5.74) is 1.86. The van der Waals surface area contributed by atoms with Crippen LogP contribution in [0.25, 0.3) is 0 Å². The molecule has 0 saturated carbocycles. The smallest absolute Gasteiger partial charge is 0.251 e. The first-order valence-electron chi connectivity index (χ1n) is 14.2. The number of rotatable bonds is 14. The normalized spacial score (nSPS) is 14.8. The Kier molecular flexibility index (Phi) is 12.3. The molecule has 2 amide bonds. The number of amides is 2. The monoisotopic (exact) mass is 533 g/mol. The van der Waals surface area contributed by atoms with Crippen molar-refractivity contribution in [3.8, 4) is 11.8 Å². The van der Waals surface area contributed by atoms with E-state index in [1.165, 1.54) is 0 Å². The first-order valence-corrected chi connectivity index (χ1v) is 14.2. The fraction of sp³-hybridized carbons (Fsp3) is 0.516. The van der Waals surface area contributed by atoms with Crippen molar-refractivity contribution in [1.82, 2.24) is 20.0 Å². The van der Waals surface area contributed by atoms with Gasteiger partial charge in [0.2, 0.25) is 5.91 Å². The van der Waals surface area contributed by atoms with Gasteiger partial charge in [0.05, 0.1) is 18.2 Å². The van der Waals surface area contributed by atoms with Crippen molar-refractivity contribution in [2.75, 3.05) is 59.5 Å². The Labute approximate surface area is 233 Å². The highest BCUT2D eigenvalue weighted by Crippen LogP contribution is 2.16. The minimum absolute atomic E-state index is 0.0788. The van der Waals surface area contributed by atoms with E-state index in [0.717, 1.165) is 63.3 Å². The molecule has 0 radical (unpaired) electrons. The average molecular weight is 534 g/mol. The maximum Gasteiger partial charge on any atom is 0.251 e. The molecule has 8 heteroatoms. The van der Waals surface area contributed by atoms with E-state index in [1.54, 1.807) is 24.3 Å². The number of nitrogens with zero attached hydrogens (tertiary/aromatic N) is 4. The van der Waals surface area contributed by atoms with Crippen LogP contribution in [0.2, 0.25) is 0 Å². The molecule has 1 atom stereocenters. The predicted molar refractivity (Wildman–Crippen MR) is 154 cm³/mol. The van der Waals surface area contributed by atoms with Crippen LogP contribution in [0, 0.1) is 11.3 Å². The number of nitriles is 1. The van der Waals surface area contributed by atoms with E-state index in [4.69, 9.17) is 10.00 Å². The van der Waals surface area contributed by atoms with Crippen molar-refractivity contribution in [2.45, 2.75) is 45.6 Å². The van der Waals surface area contributed by atoms with Gasteiger partial charge in [-0.15, -0.1) is 0 Å². The van der Waals surface area contributed by atoms with Gasteiger partial charge < -0.3 is 24.8 Å². The van der Waals surface area contributed by atoms with E-state index in [0.29, 0.717) is 37.2 Å². The number of piperazine rings is 1. The average Bonchev–Trinajstić information content (AvgIpc) is 2.96. The molecule has 0 spiro atoms. The first-order chi connectivity index (χ1) is 18.9. The first kappa shape index (κ1) is 30.1. The van der Waals surface area contributed by atoms with Crippen LogP contribution in [0.3, 0.4) is 0 Å². The van der Waals surface area contributed by atoms with Crippen LogP contribution in [-0.4, -0.2) is 92.0 Å². The van der Waals surface area contributed by atoms with Gasteiger partial charge in [-0.05, 0) is 68.3 Å². The molecule has 0 aromatic heterocycles. The third kappa shape index (κ3) is 9.68. The molecule has 1 aliphatic rings. The summed E-state index contributed by atoms with van der Waals surface area (Å²) in [6.45, 7) is 11.6. The molecule has 1 fully saturated rings. The molecular weight excluding hydrogens is 490 g/mol. The van der Waals surface area contributed by atoms with Crippen LogP contribution in [0.4, 0.5) is 0 Å². The van der Waals surface area contributed by atoms with Crippen LogP contribution >= 0.6 is 0 Å². The van der Waals surface area contributed by atoms with Crippen LogP contribution in [-0.2, 0) is 11.2 Å². The number of hydrogen-bond acceptors (Lipinski definition) is 6. The maximum absolute atomic E-state index is 13.5. The SMILES string of the molecule is CCCN(CCC)C(=O)C(Cc1ccc(OCCCN2CCN(C)CC2)cc1)NC(=O)c1ccc(C#N)cc1. The summed E-state index contributed by atoms with van der Waals surface area (Å²) < 4.78 is 5.96. The number of nitrogens with one attached hydrogen (secondary N) is 1. The zero-order valence-electron chi connectivity index (χ0n) is 23.7. The lowest BCUT2D eigenvalue weighted by Crippen LogP contribution is -2.50. The van der Waals surface area contributed by atoms with E-state index in [1.807, 2.05) is 43.0 Å². The molecule has 1 unspecified atom stereocenters. The highest BCUT2D eigenvalue weighted by Gasteiger charge is 2.26. The van der Waals surface area contributed by atoms with E-state index in [2.05, 4.69) is 28.2 Å². The third-order valence-electron chi connectivity index (χ3n) is 7.02. The Morgan fingerprint density at radius 3 is 2.23 bits per heavy atom. The van der Waals surface area contributed by atoms with Gasteiger partial charge in [-0.1, -0.05) is 26.0 Å². The fourth-order valence-electron chi connectivity index (χ4n) is 4.74. The van der Waals surface area contributed by atoms with E-state index < -0.39 is 6.04 Å². The van der Waals surface area contributed by atoms with Crippen molar-refractivity contribution >= 4 is 11.8 Å². The summed E-state index contributed by atoms with van der Waals surface area (Å²) in [4.78, 5) is 33.2. The van der Waals surface area contributed by atoms with E-state index in [9.17, 15) is 9.59 Å². The van der Waals surface area contributed by atoms with Crippen molar-refractivity contribution in [2.24, 2.45) is 0 Å². The zero-order valence-corrected chi connectivity index (χ0v) is 23.7. The van der Waals surface area contributed by atoms with Crippen molar-refractivity contribution in [3.05, 3.63) is 65.2 Å². The topological polar surface area (TPSA) is 88.9 Å². The number of carbonyl (C=O) groups is 2. The molecule has 1 N–H and O–H groups in total. The van der Waals surface area contributed by atoms with Crippen molar-refractivity contribution < 1.29 is 14.3 Å². The van der Waals surface area contributed by atoms with Gasteiger partial charge in [0, 0.05) is 57.8 Å². The minimum atomic E-state index is -0.693.